The Hall–Kier alpha value is -0.410. The Labute approximate surface area is 110 Å². The van der Waals surface area contributed by atoms with Crippen molar-refractivity contribution >= 4 is 15.9 Å². The summed E-state index contributed by atoms with van der Waals surface area (Å²) in [5, 5.41) is 0. The predicted octanol–water partition coefficient (Wildman–Crippen LogP) is 4.02. The lowest BCUT2D eigenvalue weighted by molar-refractivity contribution is 0.480. The van der Waals surface area contributed by atoms with E-state index in [1.54, 1.807) is 0 Å². The zero-order valence-corrected chi connectivity index (χ0v) is 11.3. The normalized spacial score (nSPS) is 33.0. The Kier molecular flexibility index (Phi) is 2.99. The third-order valence-electron chi connectivity index (χ3n) is 4.47. The SMILES string of the molecule is NC(c1ccc(F)c(Br)c1)C1C2CCCCC21. The molecule has 0 spiro atoms. The summed E-state index contributed by atoms with van der Waals surface area (Å²) in [5.41, 5.74) is 7.40. The molecule has 2 saturated carbocycles. The van der Waals surface area contributed by atoms with Crippen LogP contribution in [0.2, 0.25) is 0 Å². The Morgan fingerprint density at radius 2 is 1.88 bits per heavy atom. The van der Waals surface area contributed by atoms with Crippen LogP contribution in [-0.2, 0) is 0 Å². The molecule has 1 aromatic rings. The van der Waals surface area contributed by atoms with Gasteiger partial charge in [0.1, 0.15) is 5.82 Å². The van der Waals surface area contributed by atoms with E-state index in [1.165, 1.54) is 31.7 Å². The first-order valence-electron chi connectivity index (χ1n) is 6.39. The van der Waals surface area contributed by atoms with Gasteiger partial charge >= 0.3 is 0 Å². The third-order valence-corrected chi connectivity index (χ3v) is 5.07. The Balaban J connectivity index is 1.78. The molecule has 92 valence electrons. The standard InChI is InChI=1S/C14H17BrFN/c15-11-7-8(5-6-12(11)16)14(17)13-9-3-1-2-4-10(9)13/h5-7,9-10,13-14H,1-4,17H2. The number of hydrogen-bond donors (Lipinski definition) is 1. The third kappa shape index (κ3) is 2.04. The van der Waals surface area contributed by atoms with Gasteiger partial charge in [0.15, 0.2) is 0 Å². The molecule has 0 heterocycles. The van der Waals surface area contributed by atoms with E-state index in [0.29, 0.717) is 10.4 Å². The fourth-order valence-corrected chi connectivity index (χ4v) is 3.92. The van der Waals surface area contributed by atoms with Crippen LogP contribution in [0.15, 0.2) is 22.7 Å². The van der Waals surface area contributed by atoms with Gasteiger partial charge in [-0.05, 0) is 64.2 Å². The van der Waals surface area contributed by atoms with Gasteiger partial charge in [-0.15, -0.1) is 0 Å². The zero-order chi connectivity index (χ0) is 12.0. The topological polar surface area (TPSA) is 26.0 Å². The average molecular weight is 298 g/mol. The van der Waals surface area contributed by atoms with Crippen LogP contribution in [0.3, 0.4) is 0 Å². The molecule has 2 aliphatic carbocycles. The van der Waals surface area contributed by atoms with E-state index in [1.807, 2.05) is 12.1 Å². The predicted molar refractivity (Wildman–Crippen MR) is 70.0 cm³/mol. The summed E-state index contributed by atoms with van der Waals surface area (Å²) in [6.07, 6.45) is 5.39. The molecular formula is C14H17BrFN. The molecule has 3 rings (SSSR count). The number of fused-ring (bicyclic) bond motifs is 1. The number of rotatable bonds is 2. The maximum atomic E-state index is 13.2. The monoisotopic (exact) mass is 297 g/mol. The van der Waals surface area contributed by atoms with Crippen LogP contribution >= 0.6 is 15.9 Å². The Morgan fingerprint density at radius 3 is 2.47 bits per heavy atom. The molecule has 0 saturated heterocycles. The van der Waals surface area contributed by atoms with Crippen LogP contribution in [0.25, 0.3) is 0 Å². The zero-order valence-electron chi connectivity index (χ0n) is 9.70. The Morgan fingerprint density at radius 1 is 1.24 bits per heavy atom. The summed E-state index contributed by atoms with van der Waals surface area (Å²) in [6.45, 7) is 0. The van der Waals surface area contributed by atoms with Crippen molar-refractivity contribution in [1.29, 1.82) is 0 Å². The van der Waals surface area contributed by atoms with Gasteiger partial charge in [0.25, 0.3) is 0 Å². The molecule has 3 unspecified atom stereocenters. The van der Waals surface area contributed by atoms with Gasteiger partial charge < -0.3 is 5.73 Å². The second kappa shape index (κ2) is 4.36. The summed E-state index contributed by atoms with van der Waals surface area (Å²) in [6, 6.07) is 5.25. The van der Waals surface area contributed by atoms with E-state index in [9.17, 15) is 4.39 Å². The van der Waals surface area contributed by atoms with Crippen LogP contribution in [-0.4, -0.2) is 0 Å². The molecule has 3 heteroatoms. The first-order valence-corrected chi connectivity index (χ1v) is 7.18. The van der Waals surface area contributed by atoms with Crippen LogP contribution in [0.4, 0.5) is 4.39 Å². The lowest BCUT2D eigenvalue weighted by atomic mass is 10.0. The van der Waals surface area contributed by atoms with Crippen molar-refractivity contribution in [3.05, 3.63) is 34.1 Å². The minimum atomic E-state index is -0.214. The van der Waals surface area contributed by atoms with E-state index in [0.717, 1.165) is 17.4 Å². The summed E-state index contributed by atoms with van der Waals surface area (Å²) in [5.74, 6) is 2.09. The molecule has 0 bridgehead atoms. The van der Waals surface area contributed by atoms with Crippen LogP contribution in [0.1, 0.15) is 37.3 Å². The molecule has 1 nitrogen and oxygen atoms in total. The average Bonchev–Trinajstić information content (AvgIpc) is 3.06. The molecule has 3 atom stereocenters. The Bertz CT molecular complexity index is 422. The maximum absolute atomic E-state index is 13.2. The number of nitrogens with two attached hydrogens (primary N) is 1. The summed E-state index contributed by atoms with van der Waals surface area (Å²) in [4.78, 5) is 0. The summed E-state index contributed by atoms with van der Waals surface area (Å²) < 4.78 is 13.7. The first-order chi connectivity index (χ1) is 8.18. The van der Waals surface area contributed by atoms with Gasteiger partial charge in [-0.25, -0.2) is 4.39 Å². The molecule has 2 aliphatic rings. The molecule has 0 aliphatic heterocycles. The van der Waals surface area contributed by atoms with Crippen molar-refractivity contribution in [3.63, 3.8) is 0 Å². The molecule has 2 N–H and O–H groups in total. The molecule has 0 aromatic heterocycles. The van der Waals surface area contributed by atoms with E-state index in [-0.39, 0.29) is 11.9 Å². The number of halogens is 2. The van der Waals surface area contributed by atoms with Crippen molar-refractivity contribution < 1.29 is 4.39 Å². The highest BCUT2D eigenvalue weighted by molar-refractivity contribution is 9.10. The molecule has 17 heavy (non-hydrogen) atoms. The van der Waals surface area contributed by atoms with E-state index >= 15 is 0 Å². The second-order valence-electron chi connectivity index (χ2n) is 5.39. The minimum absolute atomic E-state index is 0.0833. The van der Waals surface area contributed by atoms with Gasteiger partial charge in [0.2, 0.25) is 0 Å². The smallest absolute Gasteiger partial charge is 0.137 e. The van der Waals surface area contributed by atoms with E-state index in [4.69, 9.17) is 5.73 Å². The van der Waals surface area contributed by atoms with E-state index in [2.05, 4.69) is 15.9 Å². The second-order valence-corrected chi connectivity index (χ2v) is 6.24. The lowest BCUT2D eigenvalue weighted by Crippen LogP contribution is -2.14. The van der Waals surface area contributed by atoms with Crippen LogP contribution in [0, 0.1) is 23.6 Å². The van der Waals surface area contributed by atoms with Crippen molar-refractivity contribution in [2.24, 2.45) is 23.5 Å². The molecule has 1 aromatic carbocycles. The summed E-state index contributed by atoms with van der Waals surface area (Å²) >= 11 is 3.23. The number of hydrogen-bond acceptors (Lipinski definition) is 1. The van der Waals surface area contributed by atoms with Crippen LogP contribution in [0.5, 0.6) is 0 Å². The van der Waals surface area contributed by atoms with Crippen molar-refractivity contribution in [3.8, 4) is 0 Å². The van der Waals surface area contributed by atoms with Gasteiger partial charge in [-0.2, -0.15) is 0 Å². The molecule has 0 amide bonds. The maximum Gasteiger partial charge on any atom is 0.137 e. The van der Waals surface area contributed by atoms with Gasteiger partial charge in [-0.1, -0.05) is 18.9 Å². The molecule has 2 fully saturated rings. The van der Waals surface area contributed by atoms with E-state index < -0.39 is 0 Å². The summed E-state index contributed by atoms with van der Waals surface area (Å²) in [7, 11) is 0. The molecular weight excluding hydrogens is 281 g/mol. The highest BCUT2D eigenvalue weighted by Crippen LogP contribution is 2.59. The highest BCUT2D eigenvalue weighted by atomic mass is 79.9. The highest BCUT2D eigenvalue weighted by Gasteiger charge is 2.53. The minimum Gasteiger partial charge on any atom is -0.324 e. The van der Waals surface area contributed by atoms with Gasteiger partial charge in [0, 0.05) is 6.04 Å². The number of benzene rings is 1. The largest absolute Gasteiger partial charge is 0.324 e. The van der Waals surface area contributed by atoms with Crippen molar-refractivity contribution in [2.45, 2.75) is 31.7 Å². The van der Waals surface area contributed by atoms with Crippen LogP contribution < -0.4 is 5.73 Å². The van der Waals surface area contributed by atoms with Crippen molar-refractivity contribution in [1.82, 2.24) is 0 Å². The van der Waals surface area contributed by atoms with Gasteiger partial charge in [-0.3, -0.25) is 0 Å². The first kappa shape index (κ1) is 11.7. The molecule has 0 radical (unpaired) electrons. The quantitative estimate of drug-likeness (QED) is 0.876. The fraction of sp³-hybridized carbons (Fsp3) is 0.571. The fourth-order valence-electron chi connectivity index (χ4n) is 3.52. The van der Waals surface area contributed by atoms with Gasteiger partial charge in [0.05, 0.1) is 4.47 Å². The lowest BCUT2D eigenvalue weighted by Gasteiger charge is -2.12. The van der Waals surface area contributed by atoms with Crippen molar-refractivity contribution in [2.75, 3.05) is 0 Å².